The minimum Gasteiger partial charge on any atom is -0.310 e. The summed E-state index contributed by atoms with van der Waals surface area (Å²) in [4.78, 5) is 2.41. The number of benzene rings is 9. The van der Waals surface area contributed by atoms with E-state index in [2.05, 4.69) is 229 Å². The molecular weight excluding hydrogens is 639 g/mol. The fraction of sp³-hybridized carbons (Fsp3) is 0. The largest absolute Gasteiger partial charge is 0.310 e. The Bertz CT molecular complexity index is 2670. The van der Waals surface area contributed by atoms with Gasteiger partial charge >= 0.3 is 0 Å². The van der Waals surface area contributed by atoms with Gasteiger partial charge in [-0.15, -0.1) is 0 Å². The molecule has 9 rings (SSSR count). The Balaban J connectivity index is 1.17. The number of hydrogen-bond donors (Lipinski definition) is 0. The summed E-state index contributed by atoms with van der Waals surface area (Å²) in [6, 6.07) is 80.8. The quantitative estimate of drug-likeness (QED) is 0.155. The lowest BCUT2D eigenvalue weighted by atomic mass is 9.95. The second kappa shape index (κ2) is 14.3. The molecule has 0 unspecified atom stereocenters. The van der Waals surface area contributed by atoms with Crippen molar-refractivity contribution in [3.63, 3.8) is 0 Å². The van der Waals surface area contributed by atoms with Crippen LogP contribution in [0.4, 0.5) is 17.1 Å². The van der Waals surface area contributed by atoms with Crippen LogP contribution in [-0.2, 0) is 0 Å². The van der Waals surface area contributed by atoms with E-state index in [9.17, 15) is 0 Å². The first-order chi connectivity index (χ1) is 26.3. The van der Waals surface area contributed by atoms with E-state index in [1.165, 1.54) is 66.4 Å². The predicted octanol–water partition coefficient (Wildman–Crippen LogP) is 14.6. The summed E-state index contributed by atoms with van der Waals surface area (Å²) in [7, 11) is 0. The highest BCUT2D eigenvalue weighted by atomic mass is 15.1. The van der Waals surface area contributed by atoms with Crippen LogP contribution in [0.25, 0.3) is 66.4 Å². The molecule has 0 fully saturated rings. The summed E-state index contributed by atoms with van der Waals surface area (Å²) >= 11 is 0. The maximum Gasteiger partial charge on any atom is 0.0540 e. The number of rotatable bonds is 8. The molecule has 9 aromatic carbocycles. The van der Waals surface area contributed by atoms with Gasteiger partial charge in [0.1, 0.15) is 0 Å². The van der Waals surface area contributed by atoms with Crippen LogP contribution in [0.5, 0.6) is 0 Å². The zero-order valence-corrected chi connectivity index (χ0v) is 29.3. The highest BCUT2D eigenvalue weighted by Gasteiger charge is 2.18. The monoisotopic (exact) mass is 675 g/mol. The van der Waals surface area contributed by atoms with Gasteiger partial charge in [0.15, 0.2) is 0 Å². The Morgan fingerprint density at radius 1 is 0.245 bits per heavy atom. The Hall–Kier alpha value is -6.96. The molecule has 0 aliphatic rings. The first kappa shape index (κ1) is 32.0. The molecule has 1 nitrogen and oxygen atoms in total. The van der Waals surface area contributed by atoms with Gasteiger partial charge in [-0.2, -0.15) is 0 Å². The van der Waals surface area contributed by atoms with Crippen LogP contribution in [0.3, 0.4) is 0 Å². The van der Waals surface area contributed by atoms with Crippen molar-refractivity contribution >= 4 is 27.8 Å². The summed E-state index contributed by atoms with van der Waals surface area (Å²) in [5.41, 5.74) is 15.2. The molecule has 0 bridgehead atoms. The molecule has 9 aromatic rings. The third-order valence-electron chi connectivity index (χ3n) is 10.0. The molecule has 0 atom stereocenters. The fourth-order valence-electron chi connectivity index (χ4n) is 7.46. The molecule has 53 heavy (non-hydrogen) atoms. The number of fused-ring (bicyclic) bond motifs is 1. The van der Waals surface area contributed by atoms with E-state index >= 15 is 0 Å². The van der Waals surface area contributed by atoms with E-state index in [0.29, 0.717) is 0 Å². The summed E-state index contributed by atoms with van der Waals surface area (Å²) in [6.07, 6.45) is 0. The summed E-state index contributed by atoms with van der Waals surface area (Å²) in [6.45, 7) is 0. The number of hydrogen-bond acceptors (Lipinski definition) is 1. The van der Waals surface area contributed by atoms with Crippen molar-refractivity contribution in [2.45, 2.75) is 0 Å². The molecule has 0 aliphatic heterocycles. The van der Waals surface area contributed by atoms with Crippen molar-refractivity contribution in [2.24, 2.45) is 0 Å². The van der Waals surface area contributed by atoms with Crippen molar-refractivity contribution in [1.82, 2.24) is 0 Å². The van der Waals surface area contributed by atoms with Crippen LogP contribution in [0, 0.1) is 0 Å². The molecule has 250 valence electrons. The third kappa shape index (κ3) is 6.53. The highest BCUT2D eigenvalue weighted by Crippen LogP contribution is 2.43. The molecule has 0 spiro atoms. The average molecular weight is 676 g/mol. The predicted molar refractivity (Wildman–Crippen MR) is 226 cm³/mol. The normalized spacial score (nSPS) is 11.0. The van der Waals surface area contributed by atoms with Gasteiger partial charge in [0.25, 0.3) is 0 Å². The molecule has 1 heteroatoms. The number of para-hydroxylation sites is 1. The zero-order chi connectivity index (χ0) is 35.4. The molecular formula is C52H37N. The van der Waals surface area contributed by atoms with E-state index in [0.717, 1.165) is 17.1 Å². The minimum atomic E-state index is 1.09. The van der Waals surface area contributed by atoms with Crippen molar-refractivity contribution in [3.05, 3.63) is 224 Å². The topological polar surface area (TPSA) is 3.24 Å². The van der Waals surface area contributed by atoms with E-state index in [1.54, 1.807) is 0 Å². The SMILES string of the molecule is c1ccc(-c2cccc(-c3cccc(N(c4cccc(-c5cccc(-c6cccc7ccccc67)c5)c4)c4ccccc4-c4ccccc4)c3)c2)cc1. The molecule has 0 N–H and O–H groups in total. The van der Waals surface area contributed by atoms with Crippen molar-refractivity contribution in [3.8, 4) is 55.6 Å². The molecule has 0 saturated heterocycles. The molecule has 0 aliphatic carbocycles. The van der Waals surface area contributed by atoms with Crippen LogP contribution in [0.1, 0.15) is 0 Å². The van der Waals surface area contributed by atoms with E-state index in [-0.39, 0.29) is 0 Å². The van der Waals surface area contributed by atoms with Gasteiger partial charge in [0.2, 0.25) is 0 Å². The molecule has 0 heterocycles. The highest BCUT2D eigenvalue weighted by molar-refractivity contribution is 5.97. The lowest BCUT2D eigenvalue weighted by Gasteiger charge is -2.29. The maximum absolute atomic E-state index is 2.41. The van der Waals surface area contributed by atoms with Gasteiger partial charge in [-0.05, 0) is 103 Å². The Morgan fingerprint density at radius 3 is 1.34 bits per heavy atom. The lowest BCUT2D eigenvalue weighted by molar-refractivity contribution is 1.28. The Kier molecular flexibility index (Phi) is 8.66. The van der Waals surface area contributed by atoms with Crippen molar-refractivity contribution in [2.75, 3.05) is 4.90 Å². The van der Waals surface area contributed by atoms with Gasteiger partial charge in [0, 0.05) is 16.9 Å². The van der Waals surface area contributed by atoms with Crippen LogP contribution < -0.4 is 4.90 Å². The standard InChI is InChI=1S/C52H37N/c1-3-16-38(17-4-1)41-22-11-23-42(34-41)44-25-13-28-47(36-44)53(52-33-10-9-31-51(52)40-18-5-2-6-19-40)48-29-14-26-45(37-48)43-24-12-27-46(35-43)50-32-15-21-39-20-7-8-30-49(39)50/h1-37H. The fourth-order valence-corrected chi connectivity index (χ4v) is 7.46. The number of anilines is 3. The minimum absolute atomic E-state index is 1.09. The first-order valence-electron chi connectivity index (χ1n) is 18.2. The second-order valence-electron chi connectivity index (χ2n) is 13.4. The molecule has 0 radical (unpaired) electrons. The van der Waals surface area contributed by atoms with Gasteiger partial charge in [-0.1, -0.05) is 182 Å². The van der Waals surface area contributed by atoms with Crippen molar-refractivity contribution in [1.29, 1.82) is 0 Å². The van der Waals surface area contributed by atoms with Gasteiger partial charge in [-0.3, -0.25) is 0 Å². The van der Waals surface area contributed by atoms with Crippen LogP contribution in [-0.4, -0.2) is 0 Å². The molecule has 0 amide bonds. The van der Waals surface area contributed by atoms with Gasteiger partial charge < -0.3 is 4.90 Å². The molecule has 0 saturated carbocycles. The Labute approximate surface area is 311 Å². The zero-order valence-electron chi connectivity index (χ0n) is 29.3. The first-order valence-corrected chi connectivity index (χ1v) is 18.2. The number of nitrogens with zero attached hydrogens (tertiary/aromatic N) is 1. The van der Waals surface area contributed by atoms with Crippen LogP contribution in [0.2, 0.25) is 0 Å². The van der Waals surface area contributed by atoms with Gasteiger partial charge in [-0.25, -0.2) is 0 Å². The van der Waals surface area contributed by atoms with E-state index < -0.39 is 0 Å². The summed E-state index contributed by atoms with van der Waals surface area (Å²) < 4.78 is 0. The van der Waals surface area contributed by atoms with Crippen LogP contribution in [0.15, 0.2) is 224 Å². The maximum atomic E-state index is 2.41. The third-order valence-corrected chi connectivity index (χ3v) is 10.0. The van der Waals surface area contributed by atoms with Crippen LogP contribution >= 0.6 is 0 Å². The van der Waals surface area contributed by atoms with Gasteiger partial charge in [0.05, 0.1) is 5.69 Å². The lowest BCUT2D eigenvalue weighted by Crippen LogP contribution is -2.11. The summed E-state index contributed by atoms with van der Waals surface area (Å²) in [5.74, 6) is 0. The Morgan fingerprint density at radius 2 is 0.660 bits per heavy atom. The van der Waals surface area contributed by atoms with E-state index in [1.807, 2.05) is 0 Å². The van der Waals surface area contributed by atoms with Crippen molar-refractivity contribution < 1.29 is 0 Å². The average Bonchev–Trinajstić information content (AvgIpc) is 3.25. The summed E-state index contributed by atoms with van der Waals surface area (Å²) in [5, 5.41) is 2.51. The molecule has 0 aromatic heterocycles. The smallest absolute Gasteiger partial charge is 0.0540 e. The second-order valence-corrected chi connectivity index (χ2v) is 13.4. The van der Waals surface area contributed by atoms with E-state index in [4.69, 9.17) is 0 Å².